The molecule has 0 aliphatic carbocycles. The second kappa shape index (κ2) is 8.49. The summed E-state index contributed by atoms with van der Waals surface area (Å²) in [6, 6.07) is 20.6. The molecule has 0 aliphatic heterocycles. The van der Waals surface area contributed by atoms with Gasteiger partial charge in [-0.1, -0.05) is 48.0 Å². The van der Waals surface area contributed by atoms with Crippen LogP contribution in [0.25, 0.3) is 0 Å². The topological polar surface area (TPSA) is 75.3 Å². The van der Waals surface area contributed by atoms with Crippen LogP contribution in [0.2, 0.25) is 0 Å². The minimum absolute atomic E-state index is 0.0355. The van der Waals surface area contributed by atoms with Crippen LogP contribution in [0.15, 0.2) is 77.7 Å². The van der Waals surface area contributed by atoms with E-state index >= 15 is 0 Å². The normalized spacial score (nSPS) is 12.2. The van der Waals surface area contributed by atoms with Gasteiger partial charge in [0, 0.05) is 11.3 Å². The molecule has 3 aromatic carbocycles. The lowest BCUT2D eigenvalue weighted by Crippen LogP contribution is -2.27. The highest BCUT2D eigenvalue weighted by Crippen LogP contribution is 2.21. The number of anilines is 1. The van der Waals surface area contributed by atoms with Crippen LogP contribution < -0.4 is 10.0 Å². The van der Waals surface area contributed by atoms with Crippen LogP contribution in [0.4, 0.5) is 5.69 Å². The first-order chi connectivity index (χ1) is 13.8. The molecule has 6 heteroatoms. The van der Waals surface area contributed by atoms with E-state index < -0.39 is 10.0 Å². The highest BCUT2D eigenvalue weighted by Gasteiger charge is 2.18. The molecule has 0 aliphatic rings. The number of nitrogens with one attached hydrogen (secondary N) is 2. The average molecular weight is 409 g/mol. The first-order valence-electron chi connectivity index (χ1n) is 9.32. The van der Waals surface area contributed by atoms with E-state index in [1.807, 2.05) is 39.0 Å². The van der Waals surface area contributed by atoms with Crippen LogP contribution in [0.5, 0.6) is 0 Å². The van der Waals surface area contributed by atoms with Crippen LogP contribution in [0, 0.1) is 13.8 Å². The maximum atomic E-state index is 12.7. The van der Waals surface area contributed by atoms with Crippen LogP contribution in [-0.2, 0) is 10.0 Å². The van der Waals surface area contributed by atoms with Crippen molar-refractivity contribution < 1.29 is 13.2 Å². The standard InChI is InChI=1S/C23H24N2O3S/c1-16-12-13-17(2)22(14-16)18(3)24-23(26)19-8-7-11-21(15-19)29(27,28)25-20-9-5-4-6-10-20/h4-15,18,25H,1-3H3,(H,24,26). The molecule has 1 atom stereocenters. The van der Waals surface area contributed by atoms with E-state index in [-0.39, 0.29) is 22.4 Å². The molecule has 0 saturated heterocycles. The number of aryl methyl sites for hydroxylation is 2. The SMILES string of the molecule is Cc1ccc(C)c(C(C)NC(=O)c2cccc(S(=O)(=O)Nc3ccccc3)c2)c1. The first kappa shape index (κ1) is 20.6. The van der Waals surface area contributed by atoms with Gasteiger partial charge in [-0.25, -0.2) is 8.42 Å². The number of carbonyl (C=O) groups excluding carboxylic acids is 1. The lowest BCUT2D eigenvalue weighted by atomic mass is 10.00. The van der Waals surface area contributed by atoms with E-state index in [1.165, 1.54) is 12.1 Å². The van der Waals surface area contributed by atoms with E-state index in [0.717, 1.165) is 16.7 Å². The molecule has 5 nitrogen and oxygen atoms in total. The third-order valence-corrected chi connectivity index (χ3v) is 6.06. The van der Waals surface area contributed by atoms with Crippen molar-refractivity contribution in [3.63, 3.8) is 0 Å². The molecule has 1 unspecified atom stereocenters. The van der Waals surface area contributed by atoms with Crippen molar-refractivity contribution in [3.8, 4) is 0 Å². The fourth-order valence-electron chi connectivity index (χ4n) is 3.11. The fraction of sp³-hybridized carbons (Fsp3) is 0.174. The van der Waals surface area contributed by atoms with E-state index in [9.17, 15) is 13.2 Å². The molecule has 0 bridgehead atoms. The smallest absolute Gasteiger partial charge is 0.261 e. The average Bonchev–Trinajstić information content (AvgIpc) is 2.70. The summed E-state index contributed by atoms with van der Waals surface area (Å²) in [6.45, 7) is 5.92. The number of hydrogen-bond donors (Lipinski definition) is 2. The third-order valence-electron chi connectivity index (χ3n) is 4.68. The molecular formula is C23H24N2O3S. The van der Waals surface area contributed by atoms with Crippen molar-refractivity contribution in [1.29, 1.82) is 0 Å². The largest absolute Gasteiger partial charge is 0.346 e. The Balaban J connectivity index is 1.79. The molecule has 3 rings (SSSR count). The molecule has 150 valence electrons. The molecule has 3 aromatic rings. The lowest BCUT2D eigenvalue weighted by molar-refractivity contribution is 0.0939. The third kappa shape index (κ3) is 5.03. The highest BCUT2D eigenvalue weighted by atomic mass is 32.2. The number of carbonyl (C=O) groups is 1. The van der Waals surface area contributed by atoms with Gasteiger partial charge in [-0.2, -0.15) is 0 Å². The summed E-state index contributed by atoms with van der Waals surface area (Å²) in [6.07, 6.45) is 0. The zero-order chi connectivity index (χ0) is 21.0. The monoisotopic (exact) mass is 408 g/mol. The van der Waals surface area contributed by atoms with Crippen molar-refractivity contribution in [1.82, 2.24) is 5.32 Å². The summed E-state index contributed by atoms with van der Waals surface area (Å²) in [5, 5.41) is 2.95. The quantitative estimate of drug-likeness (QED) is 0.626. The van der Waals surface area contributed by atoms with Crippen molar-refractivity contribution >= 4 is 21.6 Å². The van der Waals surface area contributed by atoms with Crippen molar-refractivity contribution in [2.24, 2.45) is 0 Å². The van der Waals surface area contributed by atoms with Gasteiger partial charge in [0.05, 0.1) is 10.9 Å². The van der Waals surface area contributed by atoms with Gasteiger partial charge in [0.2, 0.25) is 0 Å². The van der Waals surface area contributed by atoms with Gasteiger partial charge in [0.25, 0.3) is 15.9 Å². The Kier molecular flexibility index (Phi) is 6.03. The van der Waals surface area contributed by atoms with Crippen molar-refractivity contribution in [2.75, 3.05) is 4.72 Å². The fourth-order valence-corrected chi connectivity index (χ4v) is 4.21. The minimum atomic E-state index is -3.79. The molecule has 0 radical (unpaired) electrons. The van der Waals surface area contributed by atoms with Gasteiger partial charge >= 0.3 is 0 Å². The predicted octanol–water partition coefficient (Wildman–Crippen LogP) is 4.60. The van der Waals surface area contributed by atoms with Gasteiger partial charge in [0.1, 0.15) is 0 Å². The number of para-hydroxylation sites is 1. The van der Waals surface area contributed by atoms with E-state index in [4.69, 9.17) is 0 Å². The Morgan fingerprint density at radius 3 is 2.34 bits per heavy atom. The summed E-state index contributed by atoms with van der Waals surface area (Å²) in [4.78, 5) is 12.8. The van der Waals surface area contributed by atoms with Crippen LogP contribution in [-0.4, -0.2) is 14.3 Å². The summed E-state index contributed by atoms with van der Waals surface area (Å²) in [5.74, 6) is -0.324. The van der Waals surface area contributed by atoms with Crippen molar-refractivity contribution in [2.45, 2.75) is 31.7 Å². The Bertz CT molecular complexity index is 1130. The predicted molar refractivity (Wildman–Crippen MR) is 115 cm³/mol. The van der Waals surface area contributed by atoms with Gasteiger partial charge in [-0.15, -0.1) is 0 Å². The molecule has 1 amide bonds. The maximum Gasteiger partial charge on any atom is 0.261 e. The van der Waals surface area contributed by atoms with Crippen LogP contribution in [0.3, 0.4) is 0 Å². The Morgan fingerprint density at radius 1 is 0.897 bits per heavy atom. The number of hydrogen-bond acceptors (Lipinski definition) is 3. The molecular weight excluding hydrogens is 384 g/mol. The van der Waals surface area contributed by atoms with Crippen LogP contribution >= 0.6 is 0 Å². The van der Waals surface area contributed by atoms with E-state index in [0.29, 0.717) is 5.69 Å². The second-order valence-electron chi connectivity index (χ2n) is 7.05. The number of amides is 1. The summed E-state index contributed by atoms with van der Waals surface area (Å²) < 4.78 is 27.8. The number of benzene rings is 3. The zero-order valence-electron chi connectivity index (χ0n) is 16.6. The highest BCUT2D eigenvalue weighted by molar-refractivity contribution is 7.92. The van der Waals surface area contributed by atoms with Gasteiger partial charge in [0.15, 0.2) is 0 Å². The summed E-state index contributed by atoms with van der Waals surface area (Å²) in [5.41, 5.74) is 4.00. The maximum absolute atomic E-state index is 12.7. The molecule has 2 N–H and O–H groups in total. The zero-order valence-corrected chi connectivity index (χ0v) is 17.5. The first-order valence-corrected chi connectivity index (χ1v) is 10.8. The molecule has 0 fully saturated rings. The lowest BCUT2D eigenvalue weighted by Gasteiger charge is -2.18. The molecule has 29 heavy (non-hydrogen) atoms. The van der Waals surface area contributed by atoms with E-state index in [2.05, 4.69) is 10.0 Å². The van der Waals surface area contributed by atoms with Gasteiger partial charge in [-0.3, -0.25) is 9.52 Å². The second-order valence-corrected chi connectivity index (χ2v) is 8.74. The Morgan fingerprint density at radius 2 is 1.62 bits per heavy atom. The Hall–Kier alpha value is -3.12. The molecule has 0 aromatic heterocycles. The summed E-state index contributed by atoms with van der Waals surface area (Å²) in [7, 11) is -3.79. The van der Waals surface area contributed by atoms with E-state index in [1.54, 1.807) is 42.5 Å². The Labute approximate surface area is 171 Å². The molecule has 0 spiro atoms. The summed E-state index contributed by atoms with van der Waals surface area (Å²) >= 11 is 0. The molecule has 0 heterocycles. The van der Waals surface area contributed by atoms with Gasteiger partial charge < -0.3 is 5.32 Å². The van der Waals surface area contributed by atoms with Gasteiger partial charge in [-0.05, 0) is 62.2 Å². The minimum Gasteiger partial charge on any atom is -0.346 e. The number of sulfonamides is 1. The van der Waals surface area contributed by atoms with Crippen molar-refractivity contribution in [3.05, 3.63) is 95.1 Å². The molecule has 0 saturated carbocycles. The van der Waals surface area contributed by atoms with Crippen LogP contribution in [0.1, 0.15) is 40.0 Å². The number of rotatable bonds is 6.